The van der Waals surface area contributed by atoms with Gasteiger partial charge in [-0.05, 0) is 11.6 Å². The van der Waals surface area contributed by atoms with E-state index < -0.39 is 14.9 Å². The van der Waals surface area contributed by atoms with Crippen molar-refractivity contribution in [2.24, 2.45) is 0 Å². The Morgan fingerprint density at radius 1 is 0.964 bits per heavy atom. The quantitative estimate of drug-likeness (QED) is 0.493. The molecule has 1 saturated heterocycles. The van der Waals surface area contributed by atoms with Crippen LogP contribution < -0.4 is 4.74 Å². The van der Waals surface area contributed by atoms with Gasteiger partial charge in [0.05, 0.1) is 10.7 Å². The lowest BCUT2D eigenvalue weighted by Crippen LogP contribution is -2.49. The van der Waals surface area contributed by atoms with Crippen LogP contribution in [0.2, 0.25) is 0 Å². The second-order valence-electron chi connectivity index (χ2n) is 6.56. The van der Waals surface area contributed by atoms with E-state index in [0.29, 0.717) is 39.3 Å². The number of hydrogen-bond acceptors (Lipinski definition) is 6. The average molecular weight is 405 g/mol. The highest BCUT2D eigenvalue weighted by Gasteiger charge is 2.27. The van der Waals surface area contributed by atoms with E-state index in [2.05, 4.69) is 4.90 Å². The van der Waals surface area contributed by atoms with Crippen molar-refractivity contribution in [3.05, 3.63) is 70.3 Å². The van der Waals surface area contributed by atoms with Gasteiger partial charge in [-0.1, -0.05) is 42.5 Å². The number of para-hydroxylation sites is 2. The fourth-order valence-corrected chi connectivity index (χ4v) is 4.64. The third-order valence-corrected chi connectivity index (χ3v) is 6.49. The van der Waals surface area contributed by atoms with E-state index in [9.17, 15) is 18.5 Å². The Labute approximate surface area is 164 Å². The van der Waals surface area contributed by atoms with Gasteiger partial charge in [-0.25, -0.2) is 8.42 Å². The van der Waals surface area contributed by atoms with Crippen molar-refractivity contribution in [1.82, 2.24) is 9.21 Å². The molecule has 0 spiro atoms. The maximum Gasteiger partial charge on any atom is 0.310 e. The summed E-state index contributed by atoms with van der Waals surface area (Å²) < 4.78 is 32.2. The zero-order chi connectivity index (χ0) is 20.0. The Kier molecular flexibility index (Phi) is 6.61. The van der Waals surface area contributed by atoms with E-state index in [-0.39, 0.29) is 17.2 Å². The van der Waals surface area contributed by atoms with Crippen LogP contribution in [-0.4, -0.2) is 61.9 Å². The van der Waals surface area contributed by atoms with Gasteiger partial charge in [0.25, 0.3) is 0 Å². The largest absolute Gasteiger partial charge is 0.485 e. The van der Waals surface area contributed by atoms with Crippen molar-refractivity contribution < 1.29 is 18.1 Å². The normalized spacial score (nSPS) is 16.0. The first-order valence-corrected chi connectivity index (χ1v) is 10.7. The van der Waals surface area contributed by atoms with Crippen LogP contribution in [0.4, 0.5) is 5.69 Å². The molecule has 0 N–H and O–H groups in total. The molecule has 9 heteroatoms. The SMILES string of the molecule is O=[N+]([O-])c1ccccc1OCCN1CCN(S(=O)(=O)Cc2ccccc2)CC1. The summed E-state index contributed by atoms with van der Waals surface area (Å²) in [5.74, 6) is 0.255. The first-order valence-electron chi connectivity index (χ1n) is 9.06. The minimum absolute atomic E-state index is 0.00856. The number of sulfonamides is 1. The van der Waals surface area contributed by atoms with E-state index in [1.807, 2.05) is 30.3 Å². The predicted octanol–water partition coefficient (Wildman–Crippen LogP) is 2.12. The molecule has 8 nitrogen and oxygen atoms in total. The van der Waals surface area contributed by atoms with Crippen molar-refractivity contribution in [1.29, 1.82) is 0 Å². The maximum atomic E-state index is 12.6. The summed E-state index contributed by atoms with van der Waals surface area (Å²) in [6.45, 7) is 2.96. The molecule has 0 atom stereocenters. The predicted molar refractivity (Wildman–Crippen MR) is 106 cm³/mol. The number of piperazine rings is 1. The number of nitro benzene ring substituents is 1. The van der Waals surface area contributed by atoms with Gasteiger partial charge in [0, 0.05) is 38.8 Å². The van der Waals surface area contributed by atoms with Crippen molar-refractivity contribution in [3.8, 4) is 5.75 Å². The molecule has 150 valence electrons. The fourth-order valence-electron chi connectivity index (χ4n) is 3.12. The first kappa shape index (κ1) is 20.2. The first-order chi connectivity index (χ1) is 13.5. The van der Waals surface area contributed by atoms with Gasteiger partial charge in [0.2, 0.25) is 10.0 Å². The lowest BCUT2D eigenvalue weighted by atomic mass is 10.2. The number of benzene rings is 2. The summed E-state index contributed by atoms with van der Waals surface area (Å²) in [5, 5.41) is 11.0. The van der Waals surface area contributed by atoms with E-state index in [1.165, 1.54) is 10.4 Å². The molecule has 0 bridgehead atoms. The van der Waals surface area contributed by atoms with Crippen LogP contribution in [0.15, 0.2) is 54.6 Å². The molecule has 0 aliphatic carbocycles. The molecular weight excluding hydrogens is 382 g/mol. The van der Waals surface area contributed by atoms with Crippen molar-refractivity contribution in [3.63, 3.8) is 0 Å². The number of nitro groups is 1. The van der Waals surface area contributed by atoms with Crippen LogP contribution in [0, 0.1) is 10.1 Å². The standard InChI is InChI=1S/C19H23N3O5S/c23-22(24)18-8-4-5-9-19(18)27-15-14-20-10-12-21(13-11-20)28(25,26)16-17-6-2-1-3-7-17/h1-9H,10-16H2. The molecule has 1 aliphatic heterocycles. The molecule has 3 rings (SSSR count). The summed E-state index contributed by atoms with van der Waals surface area (Å²) in [6.07, 6.45) is 0. The van der Waals surface area contributed by atoms with Crippen LogP contribution >= 0.6 is 0 Å². The van der Waals surface area contributed by atoms with E-state index in [0.717, 1.165) is 5.56 Å². The number of hydrogen-bond donors (Lipinski definition) is 0. The zero-order valence-corrected chi connectivity index (χ0v) is 16.3. The lowest BCUT2D eigenvalue weighted by Gasteiger charge is -2.33. The highest BCUT2D eigenvalue weighted by atomic mass is 32.2. The molecule has 0 radical (unpaired) electrons. The highest BCUT2D eigenvalue weighted by Crippen LogP contribution is 2.25. The summed E-state index contributed by atoms with van der Waals surface area (Å²) >= 11 is 0. The van der Waals surface area contributed by atoms with Crippen LogP contribution in [0.1, 0.15) is 5.56 Å². The van der Waals surface area contributed by atoms with Gasteiger partial charge < -0.3 is 4.74 Å². The molecule has 0 saturated carbocycles. The van der Waals surface area contributed by atoms with Gasteiger partial charge in [-0.2, -0.15) is 4.31 Å². The topological polar surface area (TPSA) is 93.0 Å². The molecule has 2 aromatic carbocycles. The van der Waals surface area contributed by atoms with Crippen molar-refractivity contribution in [2.75, 3.05) is 39.3 Å². The molecule has 1 aliphatic rings. The second kappa shape index (κ2) is 9.13. The van der Waals surface area contributed by atoms with E-state index >= 15 is 0 Å². The zero-order valence-electron chi connectivity index (χ0n) is 15.4. The van der Waals surface area contributed by atoms with Gasteiger partial charge >= 0.3 is 5.69 Å². The lowest BCUT2D eigenvalue weighted by molar-refractivity contribution is -0.385. The number of nitrogens with zero attached hydrogens (tertiary/aromatic N) is 3. The van der Waals surface area contributed by atoms with Crippen molar-refractivity contribution >= 4 is 15.7 Å². The smallest absolute Gasteiger partial charge is 0.310 e. The minimum atomic E-state index is -3.34. The summed E-state index contributed by atoms with van der Waals surface area (Å²) in [6, 6.07) is 15.4. The average Bonchev–Trinajstić information content (AvgIpc) is 2.69. The molecule has 1 heterocycles. The van der Waals surface area contributed by atoms with Gasteiger partial charge in [0.1, 0.15) is 6.61 Å². The Bertz CT molecular complexity index is 897. The van der Waals surface area contributed by atoms with Crippen molar-refractivity contribution in [2.45, 2.75) is 5.75 Å². The van der Waals surface area contributed by atoms with Crippen LogP contribution in [0.5, 0.6) is 5.75 Å². The maximum absolute atomic E-state index is 12.6. The molecule has 2 aromatic rings. The minimum Gasteiger partial charge on any atom is -0.485 e. The third kappa shape index (κ3) is 5.28. The molecular formula is C19H23N3O5S. The number of rotatable bonds is 8. The summed E-state index contributed by atoms with van der Waals surface area (Å²) in [7, 11) is -3.34. The Hall–Kier alpha value is -2.49. The fraction of sp³-hybridized carbons (Fsp3) is 0.368. The third-order valence-electron chi connectivity index (χ3n) is 4.64. The number of ether oxygens (including phenoxy) is 1. The van der Waals surface area contributed by atoms with Crippen LogP contribution in [0.3, 0.4) is 0 Å². The monoisotopic (exact) mass is 405 g/mol. The Balaban J connectivity index is 1.46. The molecule has 28 heavy (non-hydrogen) atoms. The summed E-state index contributed by atoms with van der Waals surface area (Å²) in [4.78, 5) is 12.6. The summed E-state index contributed by atoms with van der Waals surface area (Å²) in [5.41, 5.74) is 0.724. The molecule has 0 unspecified atom stereocenters. The molecule has 1 fully saturated rings. The van der Waals surface area contributed by atoms with Gasteiger partial charge in [0.15, 0.2) is 5.75 Å². The molecule has 0 aromatic heterocycles. The second-order valence-corrected chi connectivity index (χ2v) is 8.52. The van der Waals surface area contributed by atoms with Gasteiger partial charge in [-0.15, -0.1) is 0 Å². The Morgan fingerprint density at radius 2 is 1.61 bits per heavy atom. The van der Waals surface area contributed by atoms with Gasteiger partial charge in [-0.3, -0.25) is 15.0 Å². The Morgan fingerprint density at radius 3 is 2.29 bits per heavy atom. The van der Waals surface area contributed by atoms with E-state index in [1.54, 1.807) is 18.2 Å². The highest BCUT2D eigenvalue weighted by molar-refractivity contribution is 7.88. The molecule has 0 amide bonds. The van der Waals surface area contributed by atoms with Crippen LogP contribution in [0.25, 0.3) is 0 Å². The van der Waals surface area contributed by atoms with Crippen LogP contribution in [-0.2, 0) is 15.8 Å². The van der Waals surface area contributed by atoms with E-state index in [4.69, 9.17) is 4.74 Å².